The Hall–Kier alpha value is -0.370. The van der Waals surface area contributed by atoms with Gasteiger partial charge in [0, 0.05) is 5.92 Å². The summed E-state index contributed by atoms with van der Waals surface area (Å²) in [6, 6.07) is 0. The number of rotatable bonds is 3. The van der Waals surface area contributed by atoms with E-state index in [0.29, 0.717) is 29.0 Å². The third kappa shape index (κ3) is 2.65. The van der Waals surface area contributed by atoms with Crippen LogP contribution in [0.3, 0.4) is 0 Å². The minimum Gasteiger partial charge on any atom is -0.393 e. The van der Waals surface area contributed by atoms with Crippen molar-refractivity contribution >= 4 is 5.78 Å². The number of aliphatic hydroxyl groups is 1. The lowest BCUT2D eigenvalue weighted by Crippen LogP contribution is -2.59. The molecule has 0 aliphatic heterocycles. The summed E-state index contributed by atoms with van der Waals surface area (Å²) in [6.07, 6.45) is 12.4. The number of carbonyl (C=O) groups excluding carboxylic acids is 1. The third-order valence-corrected chi connectivity index (χ3v) is 9.89. The largest absolute Gasteiger partial charge is 0.393 e. The van der Waals surface area contributed by atoms with Crippen LogP contribution in [0.2, 0.25) is 0 Å². The van der Waals surface area contributed by atoms with Gasteiger partial charge in [-0.25, -0.2) is 0 Å². The summed E-state index contributed by atoms with van der Waals surface area (Å²) in [7, 11) is 0. The molecule has 0 radical (unpaired) electrons. The number of fused-ring (bicyclic) bond motifs is 5. The molecule has 0 spiro atoms. The van der Waals surface area contributed by atoms with Crippen LogP contribution in [0.15, 0.2) is 0 Å². The van der Waals surface area contributed by atoms with Gasteiger partial charge in [0.1, 0.15) is 5.78 Å². The Bertz CT molecular complexity index is 556. The fourth-order valence-corrected chi connectivity index (χ4v) is 8.81. The molecule has 4 saturated carbocycles. The molecule has 4 fully saturated rings. The molecule has 148 valence electrons. The van der Waals surface area contributed by atoms with E-state index >= 15 is 0 Å². The van der Waals surface area contributed by atoms with Crippen LogP contribution in [0.25, 0.3) is 0 Å². The van der Waals surface area contributed by atoms with Gasteiger partial charge in [0.2, 0.25) is 0 Å². The molecule has 9 unspecified atom stereocenters. The van der Waals surface area contributed by atoms with Crippen LogP contribution in [0.5, 0.6) is 0 Å². The summed E-state index contributed by atoms with van der Waals surface area (Å²) in [6.45, 7) is 8.97. The molecule has 4 aliphatic carbocycles. The molecule has 0 bridgehead atoms. The third-order valence-electron chi connectivity index (χ3n) is 9.89. The average molecular weight is 361 g/mol. The highest BCUT2D eigenvalue weighted by Crippen LogP contribution is 2.67. The van der Waals surface area contributed by atoms with Gasteiger partial charge in [-0.3, -0.25) is 4.79 Å². The summed E-state index contributed by atoms with van der Waals surface area (Å²) in [5, 5.41) is 11.4. The van der Waals surface area contributed by atoms with E-state index in [-0.39, 0.29) is 17.4 Å². The first-order valence-corrected chi connectivity index (χ1v) is 11.5. The Labute approximate surface area is 160 Å². The van der Waals surface area contributed by atoms with Gasteiger partial charge in [-0.05, 0) is 98.7 Å². The van der Waals surface area contributed by atoms with Gasteiger partial charge in [-0.2, -0.15) is 0 Å². The molecule has 0 aromatic carbocycles. The predicted molar refractivity (Wildman–Crippen MR) is 106 cm³/mol. The minimum absolute atomic E-state index is 0.0506. The fraction of sp³-hybridized carbons (Fsp3) is 0.958. The lowest BCUT2D eigenvalue weighted by molar-refractivity contribution is -0.174. The van der Waals surface area contributed by atoms with Crippen LogP contribution < -0.4 is 0 Å². The summed E-state index contributed by atoms with van der Waals surface area (Å²) in [5.41, 5.74) is 0.386. The second kappa shape index (κ2) is 6.61. The van der Waals surface area contributed by atoms with Crippen LogP contribution in [-0.2, 0) is 4.79 Å². The Kier molecular flexibility index (Phi) is 4.82. The van der Waals surface area contributed by atoms with Crippen molar-refractivity contribution < 1.29 is 9.90 Å². The van der Waals surface area contributed by atoms with E-state index in [0.717, 1.165) is 24.7 Å². The van der Waals surface area contributed by atoms with Crippen LogP contribution in [-0.4, -0.2) is 17.0 Å². The fourth-order valence-electron chi connectivity index (χ4n) is 8.81. The minimum atomic E-state index is -0.197. The van der Waals surface area contributed by atoms with Gasteiger partial charge in [0.05, 0.1) is 6.10 Å². The SMILES string of the molecule is CCCC1CCC2(C)C(CCC3C4CCC(C(C)=O)C4(C)CC(O)C32)C1. The van der Waals surface area contributed by atoms with Crippen molar-refractivity contribution in [3.63, 3.8) is 0 Å². The molecule has 9 atom stereocenters. The van der Waals surface area contributed by atoms with Gasteiger partial charge >= 0.3 is 0 Å². The molecule has 0 heterocycles. The molecule has 0 amide bonds. The van der Waals surface area contributed by atoms with E-state index in [1.807, 2.05) is 0 Å². The van der Waals surface area contributed by atoms with E-state index in [1.54, 1.807) is 6.92 Å². The first kappa shape index (κ1) is 19.0. The molecule has 4 aliphatic rings. The molecule has 2 nitrogen and oxygen atoms in total. The van der Waals surface area contributed by atoms with Crippen molar-refractivity contribution in [1.29, 1.82) is 0 Å². The van der Waals surface area contributed by atoms with Crippen LogP contribution in [0, 0.1) is 46.3 Å². The zero-order valence-electron chi connectivity index (χ0n) is 17.5. The van der Waals surface area contributed by atoms with E-state index < -0.39 is 0 Å². The molecule has 0 aromatic heterocycles. The Balaban J connectivity index is 1.60. The molecular formula is C24H40O2. The van der Waals surface area contributed by atoms with E-state index in [9.17, 15) is 9.90 Å². The molecule has 2 heteroatoms. The van der Waals surface area contributed by atoms with Crippen molar-refractivity contribution in [1.82, 2.24) is 0 Å². The standard InChI is InChI=1S/C24H40O2/c1-5-6-16-11-12-23(3)17(13-16)7-8-18-20-10-9-19(15(2)25)24(20,4)14-21(26)22(18)23/h16-22,26H,5-14H2,1-4H3. The van der Waals surface area contributed by atoms with Crippen molar-refractivity contribution in [2.45, 2.75) is 98.0 Å². The van der Waals surface area contributed by atoms with E-state index in [2.05, 4.69) is 20.8 Å². The summed E-state index contributed by atoms with van der Waals surface area (Å²) >= 11 is 0. The highest BCUT2D eigenvalue weighted by molar-refractivity contribution is 5.79. The van der Waals surface area contributed by atoms with E-state index in [1.165, 1.54) is 51.4 Å². The van der Waals surface area contributed by atoms with E-state index in [4.69, 9.17) is 0 Å². The zero-order valence-corrected chi connectivity index (χ0v) is 17.5. The quantitative estimate of drug-likeness (QED) is 0.709. The number of Topliss-reactive ketones (excluding diaryl/α,β-unsaturated/α-hetero) is 1. The molecule has 26 heavy (non-hydrogen) atoms. The maximum atomic E-state index is 12.3. The molecule has 1 N–H and O–H groups in total. The van der Waals surface area contributed by atoms with Gasteiger partial charge < -0.3 is 5.11 Å². The second-order valence-corrected chi connectivity index (χ2v) is 11.0. The van der Waals surface area contributed by atoms with Crippen molar-refractivity contribution in [3.05, 3.63) is 0 Å². The lowest BCUT2D eigenvalue weighted by Gasteiger charge is -2.62. The lowest BCUT2D eigenvalue weighted by atomic mass is 9.43. The maximum Gasteiger partial charge on any atom is 0.133 e. The monoisotopic (exact) mass is 360 g/mol. The smallest absolute Gasteiger partial charge is 0.133 e. The van der Waals surface area contributed by atoms with Crippen LogP contribution in [0.1, 0.15) is 91.9 Å². The van der Waals surface area contributed by atoms with Crippen molar-refractivity contribution in [2.24, 2.45) is 46.3 Å². The predicted octanol–water partition coefficient (Wildman–Crippen LogP) is 5.62. The number of carbonyl (C=O) groups is 1. The van der Waals surface area contributed by atoms with Gasteiger partial charge in [0.25, 0.3) is 0 Å². The Morgan fingerprint density at radius 1 is 1.08 bits per heavy atom. The summed E-state index contributed by atoms with van der Waals surface area (Å²) in [5.74, 6) is 4.09. The number of hydrogen-bond donors (Lipinski definition) is 1. The van der Waals surface area contributed by atoms with Crippen LogP contribution >= 0.6 is 0 Å². The Morgan fingerprint density at radius 3 is 2.54 bits per heavy atom. The summed E-state index contributed by atoms with van der Waals surface area (Å²) < 4.78 is 0. The zero-order chi connectivity index (χ0) is 18.7. The van der Waals surface area contributed by atoms with Crippen LogP contribution in [0.4, 0.5) is 0 Å². The second-order valence-electron chi connectivity index (χ2n) is 11.0. The molecule has 0 saturated heterocycles. The van der Waals surface area contributed by atoms with Gasteiger partial charge in [0.15, 0.2) is 0 Å². The Morgan fingerprint density at radius 2 is 1.85 bits per heavy atom. The highest BCUT2D eigenvalue weighted by Gasteiger charge is 2.63. The average Bonchev–Trinajstić information content (AvgIpc) is 2.91. The topological polar surface area (TPSA) is 37.3 Å². The normalized spacial score (nSPS) is 53.5. The molecule has 0 aromatic rings. The number of ketones is 1. The highest BCUT2D eigenvalue weighted by atomic mass is 16.3. The summed E-state index contributed by atoms with van der Waals surface area (Å²) in [4.78, 5) is 12.3. The number of aliphatic hydroxyl groups excluding tert-OH is 1. The van der Waals surface area contributed by atoms with Gasteiger partial charge in [-0.15, -0.1) is 0 Å². The van der Waals surface area contributed by atoms with Crippen molar-refractivity contribution in [3.8, 4) is 0 Å². The number of hydrogen-bond acceptors (Lipinski definition) is 2. The molecule has 4 rings (SSSR count). The van der Waals surface area contributed by atoms with Gasteiger partial charge in [-0.1, -0.05) is 33.6 Å². The first-order chi connectivity index (χ1) is 12.3. The van der Waals surface area contributed by atoms with Crippen molar-refractivity contribution in [2.75, 3.05) is 0 Å². The first-order valence-electron chi connectivity index (χ1n) is 11.5. The molecular weight excluding hydrogens is 320 g/mol. The maximum absolute atomic E-state index is 12.3.